The van der Waals surface area contributed by atoms with Crippen molar-refractivity contribution in [2.24, 2.45) is 0 Å². The van der Waals surface area contributed by atoms with Crippen molar-refractivity contribution >= 4 is 22.4 Å². The molecule has 0 radical (unpaired) electrons. The lowest BCUT2D eigenvalue weighted by molar-refractivity contribution is -0.130. The Morgan fingerprint density at radius 3 is 2.47 bits per heavy atom. The van der Waals surface area contributed by atoms with Gasteiger partial charge in [0.15, 0.2) is 11.5 Å². The van der Waals surface area contributed by atoms with Gasteiger partial charge in [0.1, 0.15) is 5.82 Å². The number of fused-ring (bicyclic) bond motifs is 1. The lowest BCUT2D eigenvalue weighted by Crippen LogP contribution is -2.34. The molecule has 2 aromatic carbocycles. The van der Waals surface area contributed by atoms with Gasteiger partial charge in [-0.15, -0.1) is 0 Å². The van der Waals surface area contributed by atoms with E-state index in [2.05, 4.69) is 11.1 Å². The Kier molecular flexibility index (Phi) is 6.35. The standard InChI is InChI=1S/C25H27FN2O4/c1-30-22-12-16(13-23(31-2)25(22)32-3)4-7-24(29)28-10-8-17(9-11-28)20-15-27-21-14-18(26)5-6-19(20)21/h5-6,8,12-15,27H,4,7,9-11H2,1-3H3. The third kappa shape index (κ3) is 4.28. The van der Waals surface area contributed by atoms with Crippen LogP contribution in [-0.2, 0) is 11.2 Å². The van der Waals surface area contributed by atoms with Gasteiger partial charge >= 0.3 is 0 Å². The highest BCUT2D eigenvalue weighted by atomic mass is 19.1. The number of ether oxygens (including phenoxy) is 3. The van der Waals surface area contributed by atoms with Crippen LogP contribution in [0.25, 0.3) is 16.5 Å². The van der Waals surface area contributed by atoms with Gasteiger partial charge in [0.05, 0.1) is 21.3 Å². The number of rotatable bonds is 7. The molecule has 0 atom stereocenters. The second-order valence-electron chi connectivity index (χ2n) is 7.74. The summed E-state index contributed by atoms with van der Waals surface area (Å²) in [4.78, 5) is 17.8. The molecule has 7 heteroatoms. The third-order valence-corrected chi connectivity index (χ3v) is 5.90. The van der Waals surface area contributed by atoms with Crippen LogP contribution in [0.4, 0.5) is 4.39 Å². The summed E-state index contributed by atoms with van der Waals surface area (Å²) in [5.41, 5.74) is 3.98. The Morgan fingerprint density at radius 2 is 1.84 bits per heavy atom. The minimum Gasteiger partial charge on any atom is -0.493 e. The third-order valence-electron chi connectivity index (χ3n) is 5.90. The molecular formula is C25H27FN2O4. The lowest BCUT2D eigenvalue weighted by atomic mass is 9.98. The summed E-state index contributed by atoms with van der Waals surface area (Å²) in [7, 11) is 4.72. The van der Waals surface area contributed by atoms with Crippen LogP contribution in [-0.4, -0.2) is 50.2 Å². The molecule has 0 unspecified atom stereocenters. The fourth-order valence-corrected chi connectivity index (χ4v) is 4.19. The van der Waals surface area contributed by atoms with Crippen molar-refractivity contribution in [3.05, 3.63) is 59.5 Å². The molecule has 0 saturated heterocycles. The number of hydrogen-bond donors (Lipinski definition) is 1. The average molecular weight is 438 g/mol. The predicted molar refractivity (Wildman–Crippen MR) is 122 cm³/mol. The molecule has 0 spiro atoms. The number of H-pyrrole nitrogens is 1. The minimum absolute atomic E-state index is 0.107. The van der Waals surface area contributed by atoms with E-state index in [4.69, 9.17) is 14.2 Å². The molecule has 3 aromatic rings. The van der Waals surface area contributed by atoms with E-state index < -0.39 is 0 Å². The SMILES string of the molecule is COc1cc(CCC(=O)N2CC=C(c3c[nH]c4cc(F)ccc34)CC2)cc(OC)c1OC. The highest BCUT2D eigenvalue weighted by molar-refractivity contribution is 5.93. The Labute approximate surface area is 186 Å². The number of nitrogens with one attached hydrogen (secondary N) is 1. The first kappa shape index (κ1) is 21.7. The maximum atomic E-state index is 13.4. The average Bonchev–Trinajstić information content (AvgIpc) is 3.24. The number of methoxy groups -OCH3 is 3. The Morgan fingerprint density at radius 1 is 1.09 bits per heavy atom. The van der Waals surface area contributed by atoms with E-state index in [1.807, 2.05) is 23.2 Å². The Bertz CT molecular complexity index is 1140. The van der Waals surface area contributed by atoms with Gasteiger partial charge in [0.25, 0.3) is 0 Å². The molecule has 1 amide bonds. The molecule has 1 aliphatic heterocycles. The van der Waals surface area contributed by atoms with Crippen molar-refractivity contribution in [3.63, 3.8) is 0 Å². The fourth-order valence-electron chi connectivity index (χ4n) is 4.19. The molecule has 2 heterocycles. The van der Waals surface area contributed by atoms with Crippen molar-refractivity contribution in [1.82, 2.24) is 9.88 Å². The van der Waals surface area contributed by atoms with Crippen LogP contribution in [0.15, 0.2) is 42.6 Å². The monoisotopic (exact) mass is 438 g/mol. The molecule has 4 rings (SSSR count). The fraction of sp³-hybridized carbons (Fsp3) is 0.320. The maximum Gasteiger partial charge on any atom is 0.223 e. The van der Waals surface area contributed by atoms with Gasteiger partial charge in [-0.3, -0.25) is 4.79 Å². The quantitative estimate of drug-likeness (QED) is 0.587. The number of nitrogens with zero attached hydrogens (tertiary/aromatic N) is 1. The molecule has 32 heavy (non-hydrogen) atoms. The van der Waals surface area contributed by atoms with Crippen LogP contribution >= 0.6 is 0 Å². The molecule has 0 fully saturated rings. The van der Waals surface area contributed by atoms with Crippen LogP contribution < -0.4 is 14.2 Å². The first-order valence-corrected chi connectivity index (χ1v) is 10.6. The van der Waals surface area contributed by atoms with E-state index in [1.54, 1.807) is 27.4 Å². The normalized spacial score (nSPS) is 13.8. The lowest BCUT2D eigenvalue weighted by Gasteiger charge is -2.26. The van der Waals surface area contributed by atoms with Crippen LogP contribution in [0.2, 0.25) is 0 Å². The van der Waals surface area contributed by atoms with Gasteiger partial charge in [-0.1, -0.05) is 6.08 Å². The predicted octanol–water partition coefficient (Wildman–Crippen LogP) is 4.58. The molecule has 6 nitrogen and oxygen atoms in total. The van der Waals surface area contributed by atoms with Gasteiger partial charge in [-0.05, 0) is 54.3 Å². The zero-order chi connectivity index (χ0) is 22.7. The summed E-state index contributed by atoms with van der Waals surface area (Å²) >= 11 is 0. The number of aromatic amines is 1. The van der Waals surface area contributed by atoms with Gasteiger partial charge < -0.3 is 24.1 Å². The number of aryl methyl sites for hydroxylation is 1. The summed E-state index contributed by atoms with van der Waals surface area (Å²) in [5, 5.41) is 1.000. The van der Waals surface area contributed by atoms with Crippen LogP contribution in [0, 0.1) is 5.82 Å². The summed E-state index contributed by atoms with van der Waals surface area (Å²) in [6.07, 6.45) is 5.75. The molecule has 1 aromatic heterocycles. The molecular weight excluding hydrogens is 411 g/mol. The number of hydrogen-bond acceptors (Lipinski definition) is 4. The first-order chi connectivity index (χ1) is 15.5. The van der Waals surface area contributed by atoms with Crippen LogP contribution in [0.5, 0.6) is 17.2 Å². The number of carbonyl (C=O) groups excluding carboxylic acids is 1. The van der Waals surface area contributed by atoms with Crippen LogP contribution in [0.1, 0.15) is 24.0 Å². The van der Waals surface area contributed by atoms with E-state index in [1.165, 1.54) is 17.7 Å². The second kappa shape index (κ2) is 9.34. The molecule has 0 saturated carbocycles. The zero-order valence-corrected chi connectivity index (χ0v) is 18.5. The van der Waals surface area contributed by atoms with Crippen molar-refractivity contribution in [1.29, 1.82) is 0 Å². The number of carbonyl (C=O) groups is 1. The van der Waals surface area contributed by atoms with Gasteiger partial charge in [0.2, 0.25) is 11.7 Å². The molecule has 168 valence electrons. The van der Waals surface area contributed by atoms with Crippen molar-refractivity contribution in [2.75, 3.05) is 34.4 Å². The summed E-state index contributed by atoms with van der Waals surface area (Å²) in [5.74, 6) is 1.55. The number of benzene rings is 2. The van der Waals surface area contributed by atoms with E-state index in [0.717, 1.165) is 28.5 Å². The van der Waals surface area contributed by atoms with E-state index in [-0.39, 0.29) is 11.7 Å². The first-order valence-electron chi connectivity index (χ1n) is 10.6. The second-order valence-corrected chi connectivity index (χ2v) is 7.74. The number of amides is 1. The zero-order valence-electron chi connectivity index (χ0n) is 18.5. The van der Waals surface area contributed by atoms with Crippen LogP contribution in [0.3, 0.4) is 0 Å². The largest absolute Gasteiger partial charge is 0.493 e. The van der Waals surface area contributed by atoms with Crippen molar-refractivity contribution in [2.45, 2.75) is 19.3 Å². The molecule has 1 aliphatic rings. The van der Waals surface area contributed by atoms with Gasteiger partial charge in [0, 0.05) is 42.2 Å². The van der Waals surface area contributed by atoms with E-state index in [0.29, 0.717) is 43.2 Å². The van der Waals surface area contributed by atoms with E-state index >= 15 is 0 Å². The summed E-state index contributed by atoms with van der Waals surface area (Å²) in [6.45, 7) is 1.23. The summed E-state index contributed by atoms with van der Waals surface area (Å²) < 4.78 is 29.6. The number of aromatic nitrogens is 1. The smallest absolute Gasteiger partial charge is 0.223 e. The van der Waals surface area contributed by atoms with Crippen molar-refractivity contribution in [3.8, 4) is 17.2 Å². The highest BCUT2D eigenvalue weighted by Gasteiger charge is 2.20. The Balaban J connectivity index is 1.41. The highest BCUT2D eigenvalue weighted by Crippen LogP contribution is 2.38. The van der Waals surface area contributed by atoms with Crippen molar-refractivity contribution < 1.29 is 23.4 Å². The summed E-state index contributed by atoms with van der Waals surface area (Å²) in [6, 6.07) is 8.53. The number of halogens is 1. The van der Waals surface area contributed by atoms with Gasteiger partial charge in [-0.2, -0.15) is 0 Å². The van der Waals surface area contributed by atoms with Gasteiger partial charge in [-0.25, -0.2) is 4.39 Å². The minimum atomic E-state index is -0.257. The molecule has 0 aliphatic carbocycles. The van der Waals surface area contributed by atoms with E-state index in [9.17, 15) is 9.18 Å². The Hall–Kier alpha value is -3.48. The maximum absolute atomic E-state index is 13.4. The topological polar surface area (TPSA) is 63.8 Å². The molecule has 0 bridgehead atoms. The molecule has 1 N–H and O–H groups in total.